The third kappa shape index (κ3) is 3.64. The number of rotatable bonds is 3. The van der Waals surface area contributed by atoms with Crippen LogP contribution in [-0.2, 0) is 18.4 Å². The first kappa shape index (κ1) is 19.7. The van der Waals surface area contributed by atoms with Gasteiger partial charge < -0.3 is 10.8 Å². The largest absolute Gasteiger partial charge is 0.483 e. The summed E-state index contributed by atoms with van der Waals surface area (Å²) in [5.41, 5.74) is 11.7. The fourth-order valence-electron chi connectivity index (χ4n) is 2.98. The summed E-state index contributed by atoms with van der Waals surface area (Å²) in [6.07, 6.45) is 5.41. The van der Waals surface area contributed by atoms with E-state index < -0.39 is 0 Å². The maximum absolute atomic E-state index is 9.59. The molecule has 0 saturated carbocycles. The van der Waals surface area contributed by atoms with E-state index in [1.165, 1.54) is 0 Å². The normalized spacial score (nSPS) is 10.0. The number of pyridine rings is 1. The topological polar surface area (TPSA) is 136 Å². The number of aryl methyl sites for hydroxylation is 2. The Hall–Kier alpha value is -3.67. The van der Waals surface area contributed by atoms with E-state index in [1.54, 1.807) is 17.1 Å². The molecule has 0 fully saturated rings. The lowest BCUT2D eigenvalue weighted by Crippen LogP contribution is -2.04. The van der Waals surface area contributed by atoms with Crippen molar-refractivity contribution in [2.45, 2.75) is 27.3 Å². The van der Waals surface area contributed by atoms with Crippen LogP contribution >= 0.6 is 0 Å². The minimum Gasteiger partial charge on any atom is -0.483 e. The predicted molar refractivity (Wildman–Crippen MR) is 101 cm³/mol. The minimum atomic E-state index is -0.250. The third-order valence-electron chi connectivity index (χ3n) is 4.23. The van der Waals surface area contributed by atoms with Gasteiger partial charge in [0.2, 0.25) is 0 Å². The molecule has 3 aromatic heterocycles. The first-order chi connectivity index (χ1) is 12.9. The molecule has 9 heteroatoms. The first-order valence-electron chi connectivity index (χ1n) is 8.19. The number of nitrogen functional groups attached to an aromatic ring is 1. The lowest BCUT2D eigenvalue weighted by Gasteiger charge is -2.14. The zero-order chi connectivity index (χ0) is 20.1. The molecular formula is C18H21N7O2. The molecule has 3 aromatic rings. The average molecular weight is 367 g/mol. The maximum atomic E-state index is 9.59. The summed E-state index contributed by atoms with van der Waals surface area (Å²) in [5, 5.41) is 25.1. The fourth-order valence-corrected chi connectivity index (χ4v) is 2.98. The molecule has 3 N–H and O–H groups in total. The van der Waals surface area contributed by atoms with Gasteiger partial charge in [0.25, 0.3) is 6.47 Å². The zero-order valence-corrected chi connectivity index (χ0v) is 15.6. The molecule has 0 spiro atoms. The number of carboxylic acid groups (broad SMARTS) is 1. The van der Waals surface area contributed by atoms with Gasteiger partial charge >= 0.3 is 0 Å². The van der Waals surface area contributed by atoms with Crippen LogP contribution in [0, 0.1) is 25.2 Å². The number of carbonyl (C=O) groups is 1. The van der Waals surface area contributed by atoms with Gasteiger partial charge in [0.1, 0.15) is 17.5 Å². The molecule has 0 unspecified atom stereocenters. The molecule has 9 nitrogen and oxygen atoms in total. The Bertz CT molecular complexity index is 1010. The van der Waals surface area contributed by atoms with Crippen LogP contribution in [0.2, 0.25) is 0 Å². The van der Waals surface area contributed by atoms with E-state index in [0.29, 0.717) is 5.56 Å². The number of nitriles is 1. The highest BCUT2D eigenvalue weighted by molar-refractivity contribution is 5.84. The summed E-state index contributed by atoms with van der Waals surface area (Å²) in [4.78, 5) is 12.8. The molecular weight excluding hydrogens is 346 g/mol. The smallest absolute Gasteiger partial charge is 0.290 e. The van der Waals surface area contributed by atoms with E-state index in [2.05, 4.69) is 21.3 Å². The first-order valence-corrected chi connectivity index (χ1v) is 8.19. The Balaban J connectivity index is 0.000000817. The molecule has 0 bridgehead atoms. The van der Waals surface area contributed by atoms with Gasteiger partial charge in [-0.05, 0) is 26.3 Å². The second kappa shape index (κ2) is 8.14. The van der Waals surface area contributed by atoms with Crippen molar-refractivity contribution in [3.63, 3.8) is 0 Å². The van der Waals surface area contributed by atoms with Crippen LogP contribution in [0.5, 0.6) is 0 Å². The molecule has 0 radical (unpaired) electrons. The summed E-state index contributed by atoms with van der Waals surface area (Å²) in [7, 11) is 1.85. The Morgan fingerprint density at radius 1 is 1.33 bits per heavy atom. The lowest BCUT2D eigenvalue weighted by molar-refractivity contribution is -0.122. The van der Waals surface area contributed by atoms with E-state index in [9.17, 15) is 5.26 Å². The molecule has 3 rings (SSSR count). The van der Waals surface area contributed by atoms with Crippen molar-refractivity contribution in [2.75, 3.05) is 5.73 Å². The second-order valence-electron chi connectivity index (χ2n) is 5.80. The Morgan fingerprint density at radius 3 is 2.48 bits per heavy atom. The van der Waals surface area contributed by atoms with E-state index in [1.807, 2.05) is 38.7 Å². The van der Waals surface area contributed by atoms with Crippen molar-refractivity contribution in [3.8, 4) is 28.5 Å². The van der Waals surface area contributed by atoms with Gasteiger partial charge in [0.05, 0.1) is 18.1 Å². The van der Waals surface area contributed by atoms with Gasteiger partial charge in [-0.1, -0.05) is 0 Å². The summed E-state index contributed by atoms with van der Waals surface area (Å²) in [5.74, 6) is 0.223. The highest BCUT2D eigenvalue weighted by Crippen LogP contribution is 2.36. The molecule has 0 aromatic carbocycles. The molecule has 3 heterocycles. The van der Waals surface area contributed by atoms with Crippen molar-refractivity contribution < 1.29 is 9.90 Å². The number of hydrogen-bond acceptors (Lipinski definition) is 6. The van der Waals surface area contributed by atoms with Crippen LogP contribution in [-0.4, -0.2) is 36.1 Å². The average Bonchev–Trinajstić information content (AvgIpc) is 3.22. The molecule has 0 aliphatic carbocycles. The SMILES string of the molecule is CCn1ncc(-c2c(C)c(-c3cnn(C)c3)nc(N)c2C#N)c1C.O=CO. The lowest BCUT2D eigenvalue weighted by atomic mass is 9.94. The van der Waals surface area contributed by atoms with Gasteiger partial charge in [-0.15, -0.1) is 0 Å². The molecule has 27 heavy (non-hydrogen) atoms. The molecule has 0 amide bonds. The monoisotopic (exact) mass is 367 g/mol. The van der Waals surface area contributed by atoms with Crippen molar-refractivity contribution in [2.24, 2.45) is 7.05 Å². The number of anilines is 1. The Labute approximate surface area is 156 Å². The molecule has 0 aliphatic rings. The fraction of sp³-hybridized carbons (Fsp3) is 0.278. The number of nitrogens with two attached hydrogens (primary N) is 1. The standard InChI is InChI=1S/C17H19N7.CH2O2/c1-5-24-11(3)14(8-21-24)15-10(2)16(12-7-20-23(4)9-12)22-17(19)13(15)6-18;2-1-3/h7-9H,5H2,1-4H3,(H2,19,22);1H,(H,2,3). The molecule has 0 saturated heterocycles. The highest BCUT2D eigenvalue weighted by Gasteiger charge is 2.21. The Kier molecular flexibility index (Phi) is 5.92. The highest BCUT2D eigenvalue weighted by atomic mass is 16.3. The number of nitrogens with zero attached hydrogens (tertiary/aromatic N) is 6. The van der Waals surface area contributed by atoms with E-state index in [0.717, 1.165) is 40.2 Å². The van der Waals surface area contributed by atoms with Crippen LogP contribution in [0.4, 0.5) is 5.82 Å². The Morgan fingerprint density at radius 2 is 2.00 bits per heavy atom. The van der Waals surface area contributed by atoms with E-state index in [4.69, 9.17) is 15.6 Å². The van der Waals surface area contributed by atoms with Crippen LogP contribution < -0.4 is 5.73 Å². The van der Waals surface area contributed by atoms with Crippen LogP contribution in [0.25, 0.3) is 22.4 Å². The zero-order valence-electron chi connectivity index (χ0n) is 15.6. The van der Waals surface area contributed by atoms with Crippen LogP contribution in [0.15, 0.2) is 18.6 Å². The van der Waals surface area contributed by atoms with Crippen molar-refractivity contribution in [1.29, 1.82) is 5.26 Å². The minimum absolute atomic E-state index is 0.223. The molecule has 0 aliphatic heterocycles. The van der Waals surface area contributed by atoms with Gasteiger partial charge in [-0.25, -0.2) is 4.98 Å². The quantitative estimate of drug-likeness (QED) is 0.677. The predicted octanol–water partition coefficient (Wildman–Crippen LogP) is 2.14. The summed E-state index contributed by atoms with van der Waals surface area (Å²) in [6.45, 7) is 6.49. The summed E-state index contributed by atoms with van der Waals surface area (Å²) >= 11 is 0. The number of aromatic nitrogens is 5. The van der Waals surface area contributed by atoms with Crippen molar-refractivity contribution in [3.05, 3.63) is 35.4 Å². The molecule has 0 atom stereocenters. The van der Waals surface area contributed by atoms with Gasteiger partial charge in [0, 0.05) is 42.2 Å². The molecule has 140 valence electrons. The van der Waals surface area contributed by atoms with Crippen molar-refractivity contribution >= 4 is 12.3 Å². The summed E-state index contributed by atoms with van der Waals surface area (Å²) in [6, 6.07) is 2.20. The summed E-state index contributed by atoms with van der Waals surface area (Å²) < 4.78 is 3.61. The second-order valence-corrected chi connectivity index (χ2v) is 5.80. The third-order valence-corrected chi connectivity index (χ3v) is 4.23. The van der Waals surface area contributed by atoms with E-state index in [-0.39, 0.29) is 12.3 Å². The van der Waals surface area contributed by atoms with Crippen molar-refractivity contribution in [1.82, 2.24) is 24.5 Å². The van der Waals surface area contributed by atoms with Crippen LogP contribution in [0.3, 0.4) is 0 Å². The maximum Gasteiger partial charge on any atom is 0.290 e. The van der Waals surface area contributed by atoms with Gasteiger partial charge in [0.15, 0.2) is 0 Å². The van der Waals surface area contributed by atoms with E-state index >= 15 is 0 Å². The van der Waals surface area contributed by atoms with Gasteiger partial charge in [-0.3, -0.25) is 14.2 Å². The number of hydrogen-bond donors (Lipinski definition) is 2. The van der Waals surface area contributed by atoms with Crippen LogP contribution in [0.1, 0.15) is 23.7 Å². The van der Waals surface area contributed by atoms with Gasteiger partial charge in [-0.2, -0.15) is 15.5 Å².